The molecular weight excluding hydrogens is 210 g/mol. The zero-order valence-electron chi connectivity index (χ0n) is 8.40. The first-order valence-electron chi connectivity index (χ1n) is 4.69. The summed E-state index contributed by atoms with van der Waals surface area (Å²) in [5, 5.41) is 2.02. The maximum absolute atomic E-state index is 10.9. The van der Waals surface area contributed by atoms with Crippen molar-refractivity contribution in [1.82, 2.24) is 4.98 Å². The fraction of sp³-hybridized carbons (Fsp3) is 0.273. The van der Waals surface area contributed by atoms with Crippen LogP contribution >= 0.6 is 11.3 Å². The Hall–Kier alpha value is -1.42. The highest BCUT2D eigenvalue weighted by Crippen LogP contribution is 2.14. The standard InChI is InChI=1S/C11H11NO2S/c1-8(13)5-9-7-14-11(12-9)6-10-3-2-4-15-10/h2-4,7H,5-6H2,1H3. The van der Waals surface area contributed by atoms with Gasteiger partial charge in [0.1, 0.15) is 12.0 Å². The molecule has 4 heteroatoms. The Morgan fingerprint density at radius 1 is 1.60 bits per heavy atom. The van der Waals surface area contributed by atoms with E-state index in [0.717, 1.165) is 0 Å². The van der Waals surface area contributed by atoms with Gasteiger partial charge in [0.05, 0.1) is 18.5 Å². The van der Waals surface area contributed by atoms with Crippen LogP contribution in [0.5, 0.6) is 0 Å². The quantitative estimate of drug-likeness (QED) is 0.796. The highest BCUT2D eigenvalue weighted by molar-refractivity contribution is 7.09. The topological polar surface area (TPSA) is 43.1 Å². The zero-order valence-corrected chi connectivity index (χ0v) is 9.21. The van der Waals surface area contributed by atoms with Gasteiger partial charge in [-0.25, -0.2) is 4.98 Å². The molecule has 2 rings (SSSR count). The molecule has 0 N–H and O–H groups in total. The summed E-state index contributed by atoms with van der Waals surface area (Å²) < 4.78 is 5.28. The molecular formula is C11H11NO2S. The maximum Gasteiger partial charge on any atom is 0.199 e. The molecule has 0 aromatic carbocycles. The normalized spacial score (nSPS) is 10.5. The van der Waals surface area contributed by atoms with Crippen LogP contribution in [0.15, 0.2) is 28.2 Å². The molecule has 0 spiro atoms. The minimum atomic E-state index is 0.103. The van der Waals surface area contributed by atoms with Crippen LogP contribution in [-0.2, 0) is 17.6 Å². The Bertz CT molecular complexity index is 445. The zero-order chi connectivity index (χ0) is 10.7. The maximum atomic E-state index is 10.9. The first-order chi connectivity index (χ1) is 7.24. The molecule has 0 unspecified atom stereocenters. The van der Waals surface area contributed by atoms with Crippen LogP contribution < -0.4 is 0 Å². The van der Waals surface area contributed by atoms with Crippen molar-refractivity contribution < 1.29 is 9.21 Å². The summed E-state index contributed by atoms with van der Waals surface area (Å²) in [4.78, 5) is 16.3. The van der Waals surface area contributed by atoms with E-state index in [2.05, 4.69) is 4.98 Å². The van der Waals surface area contributed by atoms with Gasteiger partial charge in [0.2, 0.25) is 0 Å². The van der Waals surface area contributed by atoms with Gasteiger partial charge in [-0.15, -0.1) is 11.3 Å². The monoisotopic (exact) mass is 221 g/mol. The van der Waals surface area contributed by atoms with Gasteiger partial charge in [0.25, 0.3) is 0 Å². The van der Waals surface area contributed by atoms with Gasteiger partial charge in [-0.2, -0.15) is 0 Å². The summed E-state index contributed by atoms with van der Waals surface area (Å²) in [6.45, 7) is 1.55. The molecule has 2 heterocycles. The lowest BCUT2D eigenvalue weighted by atomic mass is 10.2. The van der Waals surface area contributed by atoms with Crippen molar-refractivity contribution in [2.24, 2.45) is 0 Å². The van der Waals surface area contributed by atoms with E-state index in [4.69, 9.17) is 4.42 Å². The molecule has 0 atom stereocenters. The fourth-order valence-corrected chi connectivity index (χ4v) is 2.02. The summed E-state index contributed by atoms with van der Waals surface area (Å²) in [5.74, 6) is 0.777. The van der Waals surface area contributed by atoms with Gasteiger partial charge in [-0.1, -0.05) is 6.07 Å². The van der Waals surface area contributed by atoms with E-state index in [-0.39, 0.29) is 5.78 Å². The predicted molar refractivity (Wildman–Crippen MR) is 58.0 cm³/mol. The average molecular weight is 221 g/mol. The number of thiophene rings is 1. The van der Waals surface area contributed by atoms with E-state index < -0.39 is 0 Å². The third-order valence-electron chi connectivity index (χ3n) is 1.93. The molecule has 0 bridgehead atoms. The Morgan fingerprint density at radius 2 is 2.47 bits per heavy atom. The van der Waals surface area contributed by atoms with Crippen molar-refractivity contribution in [1.29, 1.82) is 0 Å². The highest BCUT2D eigenvalue weighted by atomic mass is 32.1. The van der Waals surface area contributed by atoms with Crippen molar-refractivity contribution in [3.63, 3.8) is 0 Å². The lowest BCUT2D eigenvalue weighted by Crippen LogP contribution is -1.96. The highest BCUT2D eigenvalue weighted by Gasteiger charge is 2.07. The lowest BCUT2D eigenvalue weighted by Gasteiger charge is -1.89. The van der Waals surface area contributed by atoms with Gasteiger partial charge in [-0.05, 0) is 18.4 Å². The molecule has 3 nitrogen and oxygen atoms in total. The average Bonchev–Trinajstić information content (AvgIpc) is 2.77. The number of aromatic nitrogens is 1. The molecule has 0 aliphatic rings. The second-order valence-electron chi connectivity index (χ2n) is 3.37. The van der Waals surface area contributed by atoms with Gasteiger partial charge in [0, 0.05) is 4.88 Å². The number of oxazole rings is 1. The van der Waals surface area contributed by atoms with Crippen LogP contribution in [0.4, 0.5) is 0 Å². The molecule has 2 aromatic heterocycles. The van der Waals surface area contributed by atoms with E-state index >= 15 is 0 Å². The number of nitrogens with zero attached hydrogens (tertiary/aromatic N) is 1. The van der Waals surface area contributed by atoms with E-state index in [1.54, 1.807) is 24.5 Å². The number of carbonyl (C=O) groups excluding carboxylic acids is 1. The first-order valence-corrected chi connectivity index (χ1v) is 5.57. The van der Waals surface area contributed by atoms with Crippen LogP contribution in [0.25, 0.3) is 0 Å². The molecule has 0 amide bonds. The molecule has 0 aliphatic heterocycles. The summed E-state index contributed by atoms with van der Waals surface area (Å²) in [6, 6.07) is 4.04. The summed E-state index contributed by atoms with van der Waals surface area (Å²) in [6.07, 6.45) is 2.62. The molecule has 0 aliphatic carbocycles. The first kappa shape index (κ1) is 10.1. The van der Waals surface area contributed by atoms with Crippen molar-refractivity contribution in [2.75, 3.05) is 0 Å². The Kier molecular flexibility index (Phi) is 2.97. The smallest absolute Gasteiger partial charge is 0.199 e. The van der Waals surface area contributed by atoms with Crippen LogP contribution in [0, 0.1) is 0 Å². The van der Waals surface area contributed by atoms with Gasteiger partial charge < -0.3 is 4.42 Å². The molecule has 15 heavy (non-hydrogen) atoms. The van der Waals surface area contributed by atoms with E-state index in [1.165, 1.54) is 4.88 Å². The van der Waals surface area contributed by atoms with Crippen LogP contribution in [-0.4, -0.2) is 10.8 Å². The fourth-order valence-electron chi connectivity index (χ4n) is 1.33. The third-order valence-corrected chi connectivity index (χ3v) is 2.81. The number of hydrogen-bond donors (Lipinski definition) is 0. The van der Waals surface area contributed by atoms with Crippen LogP contribution in [0.1, 0.15) is 23.4 Å². The van der Waals surface area contributed by atoms with Crippen molar-refractivity contribution in [3.05, 3.63) is 40.2 Å². The summed E-state index contributed by atoms with van der Waals surface area (Å²) in [5.41, 5.74) is 0.717. The number of Topliss-reactive ketones (excluding diaryl/α,β-unsaturated/α-hetero) is 1. The van der Waals surface area contributed by atoms with Crippen LogP contribution in [0.2, 0.25) is 0 Å². The molecule has 78 valence electrons. The van der Waals surface area contributed by atoms with Crippen molar-refractivity contribution in [2.45, 2.75) is 19.8 Å². The van der Waals surface area contributed by atoms with E-state index in [9.17, 15) is 4.79 Å². The van der Waals surface area contributed by atoms with Gasteiger partial charge >= 0.3 is 0 Å². The summed E-state index contributed by atoms with van der Waals surface area (Å²) >= 11 is 1.67. The number of hydrogen-bond acceptors (Lipinski definition) is 4. The van der Waals surface area contributed by atoms with Crippen molar-refractivity contribution >= 4 is 17.1 Å². The summed E-state index contributed by atoms with van der Waals surface area (Å²) in [7, 11) is 0. The minimum absolute atomic E-state index is 0.103. The second-order valence-corrected chi connectivity index (χ2v) is 4.40. The molecule has 0 saturated heterocycles. The Morgan fingerprint density at radius 3 is 3.13 bits per heavy atom. The van der Waals surface area contributed by atoms with Gasteiger partial charge in [0.15, 0.2) is 5.89 Å². The molecule has 2 aromatic rings. The largest absolute Gasteiger partial charge is 0.448 e. The number of rotatable bonds is 4. The molecule has 0 fully saturated rings. The van der Waals surface area contributed by atoms with E-state index in [1.807, 2.05) is 17.5 Å². The van der Waals surface area contributed by atoms with Gasteiger partial charge in [-0.3, -0.25) is 4.79 Å². The SMILES string of the molecule is CC(=O)Cc1coc(Cc2cccs2)n1. The van der Waals surface area contributed by atoms with E-state index in [0.29, 0.717) is 24.4 Å². The second kappa shape index (κ2) is 4.40. The third kappa shape index (κ3) is 2.76. The molecule has 0 radical (unpaired) electrons. The Labute approximate surface area is 91.8 Å². The van der Waals surface area contributed by atoms with Crippen LogP contribution in [0.3, 0.4) is 0 Å². The predicted octanol–water partition coefficient (Wildman–Crippen LogP) is 2.46. The minimum Gasteiger partial charge on any atom is -0.448 e. The Balaban J connectivity index is 2.04. The number of ketones is 1. The number of carbonyl (C=O) groups is 1. The molecule has 0 saturated carbocycles. The van der Waals surface area contributed by atoms with Crippen molar-refractivity contribution in [3.8, 4) is 0 Å². The lowest BCUT2D eigenvalue weighted by molar-refractivity contribution is -0.116.